The highest BCUT2D eigenvalue weighted by atomic mass is 35.5. The molecule has 4 N–H and O–H groups in total. The lowest BCUT2D eigenvalue weighted by atomic mass is 9.91. The molecule has 0 unspecified atom stereocenters. The second-order valence-electron chi connectivity index (χ2n) is 12.3. The number of aromatic nitrogens is 1. The highest BCUT2D eigenvalue weighted by molar-refractivity contribution is 6.42. The molecule has 0 amide bonds. The number of fused-ring (bicyclic) bond motifs is 1. The molecule has 0 spiro atoms. The van der Waals surface area contributed by atoms with Crippen molar-refractivity contribution < 1.29 is 58.3 Å². The van der Waals surface area contributed by atoms with Crippen LogP contribution in [0.4, 0.5) is 0 Å². The molecule has 0 atom stereocenters. The van der Waals surface area contributed by atoms with Crippen LogP contribution in [0.25, 0.3) is 11.0 Å². The number of ether oxygens (including phenoxy) is 3. The van der Waals surface area contributed by atoms with Crippen molar-refractivity contribution in [1.82, 2.24) is 15.0 Å². The molecule has 53 heavy (non-hydrogen) atoms. The minimum atomic E-state index is -1.26. The van der Waals surface area contributed by atoms with Gasteiger partial charge < -0.3 is 44.1 Å². The minimum absolute atomic E-state index is 0.0488. The van der Waals surface area contributed by atoms with Crippen LogP contribution in [0.1, 0.15) is 36.1 Å². The maximum Gasteiger partial charge on any atom is 0.328 e. The number of carboxylic acid groups (broad SMARTS) is 4. The van der Waals surface area contributed by atoms with Crippen molar-refractivity contribution in [1.29, 1.82) is 0 Å². The molecular weight excluding hydrogens is 737 g/mol. The summed E-state index contributed by atoms with van der Waals surface area (Å²) in [5.74, 6) is -3.54. The zero-order valence-corrected chi connectivity index (χ0v) is 30.8. The number of aryl methyl sites for hydroxylation is 1. The second kappa shape index (κ2) is 21.9. The molecule has 0 aliphatic carbocycles. The second-order valence-corrected chi connectivity index (χ2v) is 13.1. The minimum Gasteiger partial charge on any atom is -0.488 e. The first-order chi connectivity index (χ1) is 25.2. The molecule has 0 bridgehead atoms. The third-order valence-corrected chi connectivity index (χ3v) is 8.70. The number of halogens is 2. The third kappa shape index (κ3) is 15.6. The van der Waals surface area contributed by atoms with Crippen molar-refractivity contribution in [3.8, 4) is 5.75 Å². The molecule has 288 valence electrons. The number of benzene rings is 2. The summed E-state index contributed by atoms with van der Waals surface area (Å²) in [6.45, 7) is 5.59. The summed E-state index contributed by atoms with van der Waals surface area (Å²) >= 11 is 12.2. The van der Waals surface area contributed by atoms with E-state index in [1.165, 1.54) is 12.8 Å². The van der Waals surface area contributed by atoms with Gasteiger partial charge in [0.2, 0.25) is 0 Å². The topological polar surface area (TPSA) is 209 Å². The summed E-state index contributed by atoms with van der Waals surface area (Å²) in [6, 6.07) is 9.66. The highest BCUT2D eigenvalue weighted by Gasteiger charge is 2.25. The Morgan fingerprint density at radius 3 is 2.00 bits per heavy atom. The summed E-state index contributed by atoms with van der Waals surface area (Å²) in [5.41, 5.74) is 3.80. The summed E-state index contributed by atoms with van der Waals surface area (Å²) in [5, 5.41) is 37.9. The van der Waals surface area contributed by atoms with Crippen molar-refractivity contribution in [2.75, 3.05) is 46.9 Å². The number of hydrogen-bond acceptors (Lipinski definition) is 11. The lowest BCUT2D eigenvalue weighted by molar-refractivity contribution is -0.134. The molecule has 2 saturated heterocycles. The van der Waals surface area contributed by atoms with Gasteiger partial charge in [0, 0.05) is 42.8 Å². The number of hydrogen-bond donors (Lipinski definition) is 4. The zero-order valence-electron chi connectivity index (χ0n) is 29.3. The van der Waals surface area contributed by atoms with Crippen molar-refractivity contribution in [3.05, 3.63) is 81.5 Å². The molecule has 2 fully saturated rings. The lowest BCUT2D eigenvalue weighted by Crippen LogP contribution is -2.39. The van der Waals surface area contributed by atoms with Crippen LogP contribution < -0.4 is 4.74 Å². The van der Waals surface area contributed by atoms with Crippen LogP contribution in [0.2, 0.25) is 10.0 Å². The Hall–Kier alpha value is -4.51. The Morgan fingerprint density at radius 2 is 1.47 bits per heavy atom. The van der Waals surface area contributed by atoms with Gasteiger partial charge in [-0.25, -0.2) is 19.2 Å². The van der Waals surface area contributed by atoms with E-state index in [1.54, 1.807) is 6.07 Å². The number of carbonyl (C=O) groups is 4. The highest BCUT2D eigenvalue weighted by Crippen LogP contribution is 2.33. The molecule has 3 heterocycles. The van der Waals surface area contributed by atoms with Gasteiger partial charge in [-0.1, -0.05) is 34.4 Å². The van der Waals surface area contributed by atoms with Crippen LogP contribution in [0.3, 0.4) is 0 Å². The fourth-order valence-electron chi connectivity index (χ4n) is 5.47. The number of likely N-dealkylation sites (tertiary alicyclic amines) is 1. The van der Waals surface area contributed by atoms with E-state index in [1.807, 2.05) is 32.3 Å². The molecule has 0 saturated carbocycles. The number of rotatable bonds is 14. The molecule has 0 radical (unpaired) electrons. The zero-order chi connectivity index (χ0) is 38.9. The molecular formula is C36H43Cl2N3O12. The summed E-state index contributed by atoms with van der Waals surface area (Å²) < 4.78 is 23.3. The molecule has 2 aliphatic heterocycles. The number of nitrogens with zero attached hydrogens (tertiary/aromatic N) is 3. The van der Waals surface area contributed by atoms with Gasteiger partial charge in [0.25, 0.3) is 0 Å². The Morgan fingerprint density at radius 1 is 0.887 bits per heavy atom. The summed E-state index contributed by atoms with van der Waals surface area (Å²) in [6.07, 6.45) is 6.60. The van der Waals surface area contributed by atoms with E-state index < -0.39 is 23.9 Å². The fraction of sp³-hybridized carbons (Fsp3) is 0.417. The molecule has 3 aromatic rings. The molecule has 2 aliphatic rings. The Balaban J connectivity index is 0.000000395. The standard InChI is InChI=1S/C28H35Cl2N3O4.2C4H4O4/c1-32(2)16-22-26(36-18-20-3-6-23(29)24(30)15-20)8-5-21-25(31-37-28(21)22)7-4-19-9-11-33(12-10-19)17-27-34-13-14-35-27;2*5-3(6)1-2-4(7)8/h3,5-6,8,15,19,27H,4,7,9-14,16-18H2,1-2H3;2*1-2H,(H,5,6)(H,7,8)/b;2*2-1+. The quantitative estimate of drug-likeness (QED) is 0.155. The van der Waals surface area contributed by atoms with Crippen molar-refractivity contribution in [3.63, 3.8) is 0 Å². The lowest BCUT2D eigenvalue weighted by Gasteiger charge is -2.32. The van der Waals surface area contributed by atoms with Crippen molar-refractivity contribution >= 4 is 58.0 Å². The first kappa shape index (κ1) is 42.9. The van der Waals surface area contributed by atoms with Gasteiger partial charge in [0.05, 0.1) is 34.5 Å². The van der Waals surface area contributed by atoms with E-state index in [0.29, 0.717) is 66.6 Å². The molecule has 15 nitrogen and oxygen atoms in total. The maximum atomic E-state index is 9.55. The van der Waals surface area contributed by atoms with E-state index in [9.17, 15) is 19.2 Å². The van der Waals surface area contributed by atoms with Crippen molar-refractivity contribution in [2.24, 2.45) is 5.92 Å². The van der Waals surface area contributed by atoms with Gasteiger partial charge in [-0.15, -0.1) is 0 Å². The normalized spacial score (nSPS) is 15.3. The monoisotopic (exact) mass is 779 g/mol. The van der Waals surface area contributed by atoms with Crippen LogP contribution in [0.15, 0.2) is 59.2 Å². The van der Waals surface area contributed by atoms with Gasteiger partial charge in [0.1, 0.15) is 12.4 Å². The van der Waals surface area contributed by atoms with Crippen LogP contribution in [-0.4, -0.2) is 112 Å². The first-order valence-electron chi connectivity index (χ1n) is 16.6. The van der Waals surface area contributed by atoms with Crippen LogP contribution in [0, 0.1) is 5.92 Å². The predicted octanol–water partition coefficient (Wildman–Crippen LogP) is 5.22. The van der Waals surface area contributed by atoms with Gasteiger partial charge in [-0.3, -0.25) is 4.90 Å². The summed E-state index contributed by atoms with van der Waals surface area (Å²) in [7, 11) is 4.08. The maximum absolute atomic E-state index is 9.55. The van der Waals surface area contributed by atoms with Crippen LogP contribution in [-0.2, 0) is 48.2 Å². The number of aliphatic carboxylic acids is 4. The summed E-state index contributed by atoms with van der Waals surface area (Å²) in [4.78, 5) is 42.8. The fourth-order valence-corrected chi connectivity index (χ4v) is 5.79. The van der Waals surface area contributed by atoms with Gasteiger partial charge in [0.15, 0.2) is 11.9 Å². The van der Waals surface area contributed by atoms with E-state index in [4.69, 9.17) is 62.4 Å². The first-order valence-corrected chi connectivity index (χ1v) is 17.3. The smallest absolute Gasteiger partial charge is 0.328 e. The Labute approximate surface area is 315 Å². The van der Waals surface area contributed by atoms with Gasteiger partial charge in [-0.2, -0.15) is 0 Å². The Kier molecular flexibility index (Phi) is 17.7. The van der Waals surface area contributed by atoms with Crippen LogP contribution in [0.5, 0.6) is 5.75 Å². The van der Waals surface area contributed by atoms with Gasteiger partial charge in [-0.05, 0) is 88.6 Å². The molecule has 2 aromatic carbocycles. The molecule has 5 rings (SSSR count). The molecule has 1 aromatic heterocycles. The van der Waals surface area contributed by atoms with Gasteiger partial charge >= 0.3 is 23.9 Å². The third-order valence-electron chi connectivity index (χ3n) is 7.96. The van der Waals surface area contributed by atoms with E-state index in [-0.39, 0.29) is 6.29 Å². The van der Waals surface area contributed by atoms with E-state index in [0.717, 1.165) is 66.0 Å². The number of carboxylic acids is 4. The Bertz CT molecular complexity index is 1680. The average Bonchev–Trinajstić information content (AvgIpc) is 3.78. The van der Waals surface area contributed by atoms with Crippen molar-refractivity contribution in [2.45, 2.75) is 45.1 Å². The number of piperidine rings is 1. The predicted molar refractivity (Wildman–Crippen MR) is 194 cm³/mol. The average molecular weight is 781 g/mol. The van der Waals surface area contributed by atoms with Crippen LogP contribution >= 0.6 is 23.2 Å². The largest absolute Gasteiger partial charge is 0.488 e. The SMILES string of the molecule is CN(C)Cc1c(OCc2ccc(Cl)c(Cl)c2)ccc2c(CCC3CCN(CC4OCCO4)CC3)noc12.O=C(O)/C=C/C(=O)O.O=C(O)/C=C/C(=O)O. The van der Waals surface area contributed by atoms with E-state index >= 15 is 0 Å². The van der Waals surface area contributed by atoms with E-state index in [2.05, 4.69) is 21.0 Å². The molecule has 17 heteroatoms.